The van der Waals surface area contributed by atoms with Crippen molar-refractivity contribution in [1.82, 2.24) is 10.3 Å². The molecule has 3 heteroatoms. The molecule has 96 valence electrons. The first-order valence-corrected chi connectivity index (χ1v) is 6.98. The smallest absolute Gasteiger partial charge is 0.0225 e. The second-order valence-electron chi connectivity index (χ2n) is 5.07. The minimum Gasteiger partial charge on any atom is -0.304 e. The van der Waals surface area contributed by atoms with Gasteiger partial charge in [-0.3, -0.25) is 11.3 Å². The molecule has 1 unspecified atom stereocenters. The zero-order chi connectivity index (χ0) is 11.8. The molecule has 0 heterocycles. The number of nitrogens with zero attached hydrogens (tertiary/aromatic N) is 1. The van der Waals surface area contributed by atoms with Gasteiger partial charge >= 0.3 is 0 Å². The molecule has 0 spiro atoms. The van der Waals surface area contributed by atoms with E-state index >= 15 is 0 Å². The second-order valence-corrected chi connectivity index (χ2v) is 5.07. The van der Waals surface area contributed by atoms with E-state index < -0.39 is 0 Å². The van der Waals surface area contributed by atoms with Crippen LogP contribution in [0.5, 0.6) is 0 Å². The molecular weight excluding hydrogens is 198 g/mol. The summed E-state index contributed by atoms with van der Waals surface area (Å²) in [7, 11) is 0. The van der Waals surface area contributed by atoms with E-state index in [0.717, 1.165) is 19.0 Å². The van der Waals surface area contributed by atoms with Crippen molar-refractivity contribution in [3.05, 3.63) is 0 Å². The van der Waals surface area contributed by atoms with Gasteiger partial charge in [0.05, 0.1) is 0 Å². The van der Waals surface area contributed by atoms with Crippen molar-refractivity contribution in [3.8, 4) is 0 Å². The predicted octanol–water partition coefficient (Wildman–Crippen LogP) is 2.13. The van der Waals surface area contributed by atoms with E-state index in [0.29, 0.717) is 6.04 Å². The first-order chi connectivity index (χ1) is 7.80. The Bertz CT molecular complexity index is 163. The summed E-state index contributed by atoms with van der Waals surface area (Å²) in [6.07, 6.45) is 8.16. The van der Waals surface area contributed by atoms with Gasteiger partial charge in [0.2, 0.25) is 0 Å². The van der Waals surface area contributed by atoms with E-state index in [4.69, 9.17) is 5.84 Å². The molecular formula is C13H29N3. The number of rotatable bonds is 8. The normalized spacial score (nSPS) is 19.5. The molecule has 0 amide bonds. The van der Waals surface area contributed by atoms with E-state index in [1.165, 1.54) is 45.1 Å². The van der Waals surface area contributed by atoms with Gasteiger partial charge in [-0.1, -0.05) is 39.5 Å². The zero-order valence-corrected chi connectivity index (χ0v) is 11.0. The number of hydrogen-bond acceptors (Lipinski definition) is 3. The van der Waals surface area contributed by atoms with Crippen molar-refractivity contribution >= 4 is 0 Å². The molecule has 0 aliphatic heterocycles. The topological polar surface area (TPSA) is 41.3 Å². The van der Waals surface area contributed by atoms with E-state index in [9.17, 15) is 0 Å². The third-order valence-corrected chi connectivity index (χ3v) is 4.02. The third-order valence-electron chi connectivity index (χ3n) is 4.02. The van der Waals surface area contributed by atoms with Gasteiger partial charge in [-0.2, -0.15) is 0 Å². The molecule has 1 atom stereocenters. The van der Waals surface area contributed by atoms with E-state index in [1.54, 1.807) is 0 Å². The maximum Gasteiger partial charge on any atom is 0.0225 e. The largest absolute Gasteiger partial charge is 0.304 e. The van der Waals surface area contributed by atoms with Crippen LogP contribution in [0, 0.1) is 5.92 Å². The van der Waals surface area contributed by atoms with Crippen LogP contribution in [-0.2, 0) is 0 Å². The van der Waals surface area contributed by atoms with Crippen molar-refractivity contribution in [2.75, 3.05) is 19.6 Å². The van der Waals surface area contributed by atoms with Crippen molar-refractivity contribution < 1.29 is 0 Å². The van der Waals surface area contributed by atoms with Gasteiger partial charge in [-0.25, -0.2) is 0 Å². The van der Waals surface area contributed by atoms with Crippen LogP contribution in [0.1, 0.15) is 52.4 Å². The number of nitrogens with two attached hydrogens (primary N) is 1. The molecule has 0 saturated heterocycles. The Morgan fingerprint density at radius 1 is 1.25 bits per heavy atom. The minimum atomic E-state index is 0.517. The highest BCUT2D eigenvalue weighted by molar-refractivity contribution is 4.75. The maximum absolute atomic E-state index is 5.65. The van der Waals surface area contributed by atoms with E-state index in [1.807, 2.05) is 0 Å². The summed E-state index contributed by atoms with van der Waals surface area (Å²) in [4.78, 5) is 2.47. The summed E-state index contributed by atoms with van der Waals surface area (Å²) in [5, 5.41) is 0. The lowest BCUT2D eigenvalue weighted by molar-refractivity contribution is 0.267. The number of hydrogen-bond donors (Lipinski definition) is 2. The molecule has 0 aromatic rings. The molecule has 1 aliphatic rings. The summed E-state index contributed by atoms with van der Waals surface area (Å²) in [6.45, 7) is 7.93. The van der Waals surface area contributed by atoms with Crippen LogP contribution in [0.25, 0.3) is 0 Å². The second kappa shape index (κ2) is 8.04. The lowest BCUT2D eigenvalue weighted by atomic mass is 9.97. The molecule has 0 aromatic carbocycles. The highest BCUT2D eigenvalue weighted by Crippen LogP contribution is 2.28. The lowest BCUT2D eigenvalue weighted by Gasteiger charge is -2.24. The third kappa shape index (κ3) is 4.81. The molecule has 0 aromatic heterocycles. The molecule has 0 radical (unpaired) electrons. The minimum absolute atomic E-state index is 0.517. The Morgan fingerprint density at radius 3 is 2.38 bits per heavy atom. The molecule has 1 fully saturated rings. The Hall–Kier alpha value is -0.120. The fourth-order valence-corrected chi connectivity index (χ4v) is 2.80. The average Bonchev–Trinajstić information content (AvgIpc) is 2.81. The van der Waals surface area contributed by atoms with E-state index in [-0.39, 0.29) is 0 Å². The fourth-order valence-electron chi connectivity index (χ4n) is 2.80. The fraction of sp³-hybridized carbons (Fsp3) is 1.00. The van der Waals surface area contributed by atoms with Gasteiger partial charge in [0.1, 0.15) is 0 Å². The monoisotopic (exact) mass is 227 g/mol. The highest BCUT2D eigenvalue weighted by Gasteiger charge is 2.19. The first kappa shape index (κ1) is 13.9. The Kier molecular flexibility index (Phi) is 7.01. The number of nitrogens with one attached hydrogen (secondary N) is 1. The Morgan fingerprint density at radius 2 is 1.88 bits per heavy atom. The van der Waals surface area contributed by atoms with Crippen LogP contribution >= 0.6 is 0 Å². The van der Waals surface area contributed by atoms with Crippen molar-refractivity contribution in [3.63, 3.8) is 0 Å². The standard InChI is InChI=1S/C13H29N3/c1-3-16(4-2)10-9-13(15-14)11-12-7-5-6-8-12/h12-13,15H,3-11,14H2,1-2H3. The first-order valence-electron chi connectivity index (χ1n) is 6.98. The van der Waals surface area contributed by atoms with Crippen molar-refractivity contribution in [2.24, 2.45) is 11.8 Å². The molecule has 3 nitrogen and oxygen atoms in total. The highest BCUT2D eigenvalue weighted by atomic mass is 15.2. The Balaban J connectivity index is 2.19. The van der Waals surface area contributed by atoms with Crippen LogP contribution in [0.2, 0.25) is 0 Å². The Labute approximate surface area is 101 Å². The summed E-state index contributed by atoms with van der Waals surface area (Å²) in [6, 6.07) is 0.517. The van der Waals surface area contributed by atoms with Gasteiger partial charge in [0.15, 0.2) is 0 Å². The number of hydrazine groups is 1. The summed E-state index contributed by atoms with van der Waals surface area (Å²) >= 11 is 0. The molecule has 1 aliphatic carbocycles. The van der Waals surface area contributed by atoms with Crippen LogP contribution in [0.15, 0.2) is 0 Å². The zero-order valence-electron chi connectivity index (χ0n) is 11.0. The maximum atomic E-state index is 5.65. The van der Waals surface area contributed by atoms with Crippen molar-refractivity contribution in [1.29, 1.82) is 0 Å². The molecule has 1 saturated carbocycles. The van der Waals surface area contributed by atoms with Gasteiger partial charge in [0.25, 0.3) is 0 Å². The quantitative estimate of drug-likeness (QED) is 0.493. The molecule has 3 N–H and O–H groups in total. The van der Waals surface area contributed by atoms with Crippen LogP contribution in [-0.4, -0.2) is 30.6 Å². The van der Waals surface area contributed by atoms with Crippen molar-refractivity contribution in [2.45, 2.75) is 58.4 Å². The van der Waals surface area contributed by atoms with Crippen LogP contribution < -0.4 is 11.3 Å². The predicted molar refractivity (Wildman–Crippen MR) is 70.1 cm³/mol. The van der Waals surface area contributed by atoms with Gasteiger partial charge in [-0.15, -0.1) is 0 Å². The summed E-state index contributed by atoms with van der Waals surface area (Å²) in [5.41, 5.74) is 3.01. The van der Waals surface area contributed by atoms with E-state index in [2.05, 4.69) is 24.2 Å². The molecule has 1 rings (SSSR count). The van der Waals surface area contributed by atoms with Crippen LogP contribution in [0.3, 0.4) is 0 Å². The van der Waals surface area contributed by atoms with Crippen LogP contribution in [0.4, 0.5) is 0 Å². The van der Waals surface area contributed by atoms with Gasteiger partial charge in [0, 0.05) is 6.04 Å². The summed E-state index contributed by atoms with van der Waals surface area (Å²) < 4.78 is 0. The van der Waals surface area contributed by atoms with Gasteiger partial charge < -0.3 is 4.90 Å². The average molecular weight is 227 g/mol. The molecule has 0 bridgehead atoms. The SMILES string of the molecule is CCN(CC)CCC(CC1CCCC1)NN. The molecule has 16 heavy (non-hydrogen) atoms. The summed E-state index contributed by atoms with van der Waals surface area (Å²) in [5.74, 6) is 6.58. The lowest BCUT2D eigenvalue weighted by Crippen LogP contribution is -2.39. The van der Waals surface area contributed by atoms with Gasteiger partial charge in [-0.05, 0) is 38.4 Å².